The van der Waals surface area contributed by atoms with E-state index in [1.54, 1.807) is 0 Å². The van der Waals surface area contributed by atoms with E-state index in [0.29, 0.717) is 6.54 Å². The van der Waals surface area contributed by atoms with Crippen molar-refractivity contribution < 1.29 is 4.79 Å². The van der Waals surface area contributed by atoms with E-state index in [9.17, 15) is 4.79 Å². The minimum Gasteiger partial charge on any atom is -0.338 e. The number of urea groups is 1. The minimum absolute atomic E-state index is 0.133. The number of rotatable bonds is 5. The van der Waals surface area contributed by atoms with Crippen LogP contribution >= 0.6 is 0 Å². The second-order valence-electron chi connectivity index (χ2n) is 5.67. The van der Waals surface area contributed by atoms with Gasteiger partial charge in [0, 0.05) is 12.2 Å². The van der Waals surface area contributed by atoms with Gasteiger partial charge in [0.1, 0.15) is 0 Å². The molecule has 0 radical (unpaired) electrons. The second kappa shape index (κ2) is 7.14. The van der Waals surface area contributed by atoms with Crippen molar-refractivity contribution in [2.24, 2.45) is 0 Å². The summed E-state index contributed by atoms with van der Waals surface area (Å²) >= 11 is 0. The highest BCUT2D eigenvalue weighted by Crippen LogP contribution is 2.23. The third-order valence-corrected chi connectivity index (χ3v) is 2.90. The molecule has 0 heterocycles. The molecule has 4 nitrogen and oxygen atoms in total. The zero-order valence-corrected chi connectivity index (χ0v) is 12.3. The molecule has 0 aromatic heterocycles. The fourth-order valence-corrected chi connectivity index (χ4v) is 1.70. The number of hydrogen-bond donors (Lipinski definition) is 3. The molecule has 1 aromatic rings. The van der Waals surface area contributed by atoms with Gasteiger partial charge in [-0.1, -0.05) is 32.9 Å². The van der Waals surface area contributed by atoms with Crippen molar-refractivity contribution in [3.63, 3.8) is 0 Å². The summed E-state index contributed by atoms with van der Waals surface area (Å²) in [7, 11) is 1.90. The first-order valence-electron chi connectivity index (χ1n) is 6.73. The van der Waals surface area contributed by atoms with Crippen LogP contribution in [-0.2, 0) is 5.41 Å². The quantitative estimate of drug-likeness (QED) is 0.715. The summed E-state index contributed by atoms with van der Waals surface area (Å²) in [6, 6.07) is 7.83. The van der Waals surface area contributed by atoms with Crippen molar-refractivity contribution in [2.75, 3.05) is 25.5 Å². The molecule has 0 bridgehead atoms. The Morgan fingerprint density at radius 1 is 1.11 bits per heavy atom. The monoisotopic (exact) mass is 263 g/mol. The molecule has 0 saturated heterocycles. The largest absolute Gasteiger partial charge is 0.338 e. The SMILES string of the molecule is CNCCCNC(=O)Nc1ccc(C(C)(C)C)cc1. The number of amides is 2. The molecule has 0 aliphatic heterocycles. The second-order valence-corrected chi connectivity index (χ2v) is 5.67. The lowest BCUT2D eigenvalue weighted by molar-refractivity contribution is 0.252. The van der Waals surface area contributed by atoms with Gasteiger partial charge < -0.3 is 16.0 Å². The van der Waals surface area contributed by atoms with Crippen molar-refractivity contribution in [1.82, 2.24) is 10.6 Å². The van der Waals surface area contributed by atoms with Crippen LogP contribution in [0, 0.1) is 0 Å². The molecular weight excluding hydrogens is 238 g/mol. The van der Waals surface area contributed by atoms with Gasteiger partial charge in [0.2, 0.25) is 0 Å². The number of benzene rings is 1. The van der Waals surface area contributed by atoms with Crippen LogP contribution in [0.3, 0.4) is 0 Å². The molecule has 106 valence electrons. The molecule has 0 aliphatic rings. The molecule has 0 atom stereocenters. The molecule has 1 rings (SSSR count). The zero-order valence-electron chi connectivity index (χ0n) is 12.3. The van der Waals surface area contributed by atoms with Gasteiger partial charge >= 0.3 is 6.03 Å². The van der Waals surface area contributed by atoms with Crippen molar-refractivity contribution >= 4 is 11.7 Å². The van der Waals surface area contributed by atoms with E-state index < -0.39 is 0 Å². The lowest BCUT2D eigenvalue weighted by Crippen LogP contribution is -2.30. The van der Waals surface area contributed by atoms with Crippen LogP contribution < -0.4 is 16.0 Å². The van der Waals surface area contributed by atoms with Crippen molar-refractivity contribution in [1.29, 1.82) is 0 Å². The maximum Gasteiger partial charge on any atom is 0.319 e. The molecule has 0 spiro atoms. The Morgan fingerprint density at radius 3 is 2.26 bits per heavy atom. The molecule has 0 saturated carbocycles. The van der Waals surface area contributed by atoms with E-state index in [0.717, 1.165) is 18.7 Å². The minimum atomic E-state index is -0.153. The first-order valence-corrected chi connectivity index (χ1v) is 6.73. The average molecular weight is 263 g/mol. The topological polar surface area (TPSA) is 53.2 Å². The van der Waals surface area contributed by atoms with Crippen LogP contribution in [0.2, 0.25) is 0 Å². The molecular formula is C15H25N3O. The van der Waals surface area contributed by atoms with Crippen LogP contribution in [0.5, 0.6) is 0 Å². The summed E-state index contributed by atoms with van der Waals surface area (Å²) in [5, 5.41) is 8.69. The zero-order chi connectivity index (χ0) is 14.3. The van der Waals surface area contributed by atoms with Gasteiger partial charge in [-0.25, -0.2) is 4.79 Å². The van der Waals surface area contributed by atoms with E-state index in [1.165, 1.54) is 5.56 Å². The van der Waals surface area contributed by atoms with Crippen molar-refractivity contribution in [3.05, 3.63) is 29.8 Å². The van der Waals surface area contributed by atoms with Gasteiger partial charge in [0.15, 0.2) is 0 Å². The number of anilines is 1. The fraction of sp³-hybridized carbons (Fsp3) is 0.533. The first kappa shape index (κ1) is 15.5. The van der Waals surface area contributed by atoms with Gasteiger partial charge in [-0.3, -0.25) is 0 Å². The number of nitrogens with one attached hydrogen (secondary N) is 3. The van der Waals surface area contributed by atoms with Gasteiger partial charge in [-0.2, -0.15) is 0 Å². The van der Waals surface area contributed by atoms with Crippen LogP contribution in [0.1, 0.15) is 32.8 Å². The smallest absolute Gasteiger partial charge is 0.319 e. The van der Waals surface area contributed by atoms with Gasteiger partial charge in [-0.15, -0.1) is 0 Å². The van der Waals surface area contributed by atoms with Gasteiger partial charge in [0.25, 0.3) is 0 Å². The van der Waals surface area contributed by atoms with E-state index in [2.05, 4.69) is 48.9 Å². The van der Waals surface area contributed by atoms with Crippen LogP contribution in [0.15, 0.2) is 24.3 Å². The van der Waals surface area contributed by atoms with Crippen LogP contribution in [0.25, 0.3) is 0 Å². The van der Waals surface area contributed by atoms with Gasteiger partial charge in [0.05, 0.1) is 0 Å². The summed E-state index contributed by atoms with van der Waals surface area (Å²) in [6.07, 6.45) is 0.923. The summed E-state index contributed by atoms with van der Waals surface area (Å²) in [5.74, 6) is 0. The Kier molecular flexibility index (Phi) is 5.83. The highest BCUT2D eigenvalue weighted by molar-refractivity contribution is 5.89. The standard InChI is InChI=1S/C15H25N3O/c1-15(2,3)12-6-8-13(9-7-12)18-14(19)17-11-5-10-16-4/h6-9,16H,5,10-11H2,1-4H3,(H2,17,18,19). The first-order chi connectivity index (χ1) is 8.93. The Bertz CT molecular complexity index is 393. The molecule has 4 heteroatoms. The van der Waals surface area contributed by atoms with Gasteiger partial charge in [-0.05, 0) is 43.1 Å². The highest BCUT2D eigenvalue weighted by Gasteiger charge is 2.12. The molecule has 0 fully saturated rings. The highest BCUT2D eigenvalue weighted by atomic mass is 16.2. The Hall–Kier alpha value is -1.55. The third-order valence-electron chi connectivity index (χ3n) is 2.90. The summed E-state index contributed by atoms with van der Waals surface area (Å²) < 4.78 is 0. The van der Waals surface area contributed by atoms with E-state index in [1.807, 2.05) is 19.2 Å². The lowest BCUT2D eigenvalue weighted by Gasteiger charge is -2.19. The fourth-order valence-electron chi connectivity index (χ4n) is 1.70. The van der Waals surface area contributed by atoms with Crippen LogP contribution in [0.4, 0.5) is 10.5 Å². The van der Waals surface area contributed by atoms with Crippen LogP contribution in [-0.4, -0.2) is 26.2 Å². The number of hydrogen-bond acceptors (Lipinski definition) is 2. The molecule has 3 N–H and O–H groups in total. The Morgan fingerprint density at radius 2 is 1.74 bits per heavy atom. The Labute approximate surface area is 116 Å². The van der Waals surface area contributed by atoms with Crippen molar-refractivity contribution in [2.45, 2.75) is 32.6 Å². The van der Waals surface area contributed by atoms with E-state index >= 15 is 0 Å². The normalized spacial score (nSPS) is 11.2. The van der Waals surface area contributed by atoms with Crippen molar-refractivity contribution in [3.8, 4) is 0 Å². The maximum absolute atomic E-state index is 11.6. The maximum atomic E-state index is 11.6. The predicted octanol–water partition coefficient (Wildman–Crippen LogP) is 2.72. The molecule has 0 aliphatic carbocycles. The number of carbonyl (C=O) groups excluding carboxylic acids is 1. The van der Waals surface area contributed by atoms with E-state index in [4.69, 9.17) is 0 Å². The summed E-state index contributed by atoms with van der Waals surface area (Å²) in [5.41, 5.74) is 2.21. The lowest BCUT2D eigenvalue weighted by atomic mass is 9.87. The number of carbonyl (C=O) groups is 1. The molecule has 1 aromatic carbocycles. The average Bonchev–Trinajstić information content (AvgIpc) is 2.34. The predicted molar refractivity (Wildman–Crippen MR) is 80.7 cm³/mol. The Balaban J connectivity index is 2.43. The van der Waals surface area contributed by atoms with E-state index in [-0.39, 0.29) is 11.4 Å². The molecule has 0 unspecified atom stereocenters. The summed E-state index contributed by atoms with van der Waals surface area (Å²) in [6.45, 7) is 8.09. The molecule has 19 heavy (non-hydrogen) atoms. The molecule has 2 amide bonds. The summed E-state index contributed by atoms with van der Waals surface area (Å²) in [4.78, 5) is 11.6. The third kappa shape index (κ3) is 5.75.